The topological polar surface area (TPSA) is 84.9 Å². The normalized spacial score (nSPS) is 37.6. The number of ether oxygens (including phenoxy) is 2. The highest BCUT2D eigenvalue weighted by molar-refractivity contribution is 5.77. The van der Waals surface area contributed by atoms with Gasteiger partial charge in [-0.15, -0.1) is 0 Å². The van der Waals surface area contributed by atoms with Gasteiger partial charge >= 0.3 is 18.1 Å². The van der Waals surface area contributed by atoms with Crippen molar-refractivity contribution >= 4 is 11.9 Å². The number of alkyl halides is 3. The Bertz CT molecular complexity index is 1080. The fraction of sp³-hybridized carbons (Fsp3) is 0.733. The largest absolute Gasteiger partial charge is 0.490 e. The number of benzene rings is 1. The third kappa shape index (κ3) is 4.93. The highest BCUT2D eigenvalue weighted by Gasteiger charge is 2.56. The third-order valence-electron chi connectivity index (χ3n) is 10.7. The average Bonchev–Trinajstić information content (AvgIpc) is 2.88. The first-order valence-electron chi connectivity index (χ1n) is 14.5. The van der Waals surface area contributed by atoms with E-state index >= 15 is 0 Å². The van der Waals surface area contributed by atoms with Crippen molar-refractivity contribution in [3.8, 4) is 5.75 Å². The lowest BCUT2D eigenvalue weighted by Gasteiger charge is -2.56. The van der Waals surface area contributed by atoms with E-state index in [1.165, 1.54) is 62.5 Å². The van der Waals surface area contributed by atoms with E-state index in [-0.39, 0.29) is 18.2 Å². The van der Waals surface area contributed by atoms with Crippen molar-refractivity contribution in [2.75, 3.05) is 13.3 Å². The summed E-state index contributed by atoms with van der Waals surface area (Å²) in [5, 5.41) is 10.9. The van der Waals surface area contributed by atoms with E-state index in [1.807, 2.05) is 0 Å². The lowest BCUT2D eigenvalue weighted by Crippen LogP contribution is -2.59. The van der Waals surface area contributed by atoms with Crippen LogP contribution in [0.3, 0.4) is 0 Å². The number of hydrogen-bond donors (Lipinski definition) is 2. The maximum absolute atomic E-state index is 13.1. The molecule has 1 aromatic rings. The number of hydrogen-bond acceptors (Lipinski definition) is 5. The van der Waals surface area contributed by atoms with Gasteiger partial charge in [0.15, 0.2) is 0 Å². The third-order valence-corrected chi connectivity index (χ3v) is 10.7. The average molecular weight is 550 g/mol. The predicted molar refractivity (Wildman–Crippen MR) is 136 cm³/mol. The Kier molecular flexibility index (Phi) is 6.87. The van der Waals surface area contributed by atoms with Crippen molar-refractivity contribution in [2.24, 2.45) is 29.1 Å². The number of carbonyl (C=O) groups excluding carboxylic acids is 1. The lowest BCUT2D eigenvalue weighted by atomic mass is 9.49. The van der Waals surface area contributed by atoms with Crippen molar-refractivity contribution in [3.63, 3.8) is 0 Å². The first kappa shape index (κ1) is 26.9. The van der Waals surface area contributed by atoms with E-state index in [0.29, 0.717) is 11.5 Å². The highest BCUT2D eigenvalue weighted by Crippen LogP contribution is 2.60. The molecule has 0 radical (unpaired) electrons. The van der Waals surface area contributed by atoms with Crippen molar-refractivity contribution in [3.05, 3.63) is 29.3 Å². The molecule has 6 fully saturated rings. The van der Waals surface area contributed by atoms with Crippen LogP contribution in [0.4, 0.5) is 13.2 Å². The van der Waals surface area contributed by atoms with Gasteiger partial charge in [0.2, 0.25) is 6.79 Å². The smallest absolute Gasteiger partial charge is 0.475 e. The second-order valence-electron chi connectivity index (χ2n) is 13.0. The second-order valence-corrected chi connectivity index (χ2v) is 13.0. The Morgan fingerprint density at radius 3 is 2.33 bits per heavy atom. The Morgan fingerprint density at radius 2 is 1.69 bits per heavy atom. The van der Waals surface area contributed by atoms with Crippen molar-refractivity contribution in [1.82, 2.24) is 5.32 Å². The summed E-state index contributed by atoms with van der Waals surface area (Å²) in [6, 6.07) is 7.31. The predicted octanol–water partition coefficient (Wildman–Crippen LogP) is 5.76. The van der Waals surface area contributed by atoms with E-state index in [2.05, 4.69) is 23.5 Å². The Labute approximate surface area is 227 Å². The van der Waals surface area contributed by atoms with Gasteiger partial charge in [0.25, 0.3) is 0 Å². The molecule has 0 spiro atoms. The molecular formula is C30H38F3NO5. The minimum Gasteiger partial charge on any atom is -0.475 e. The molecule has 6 nitrogen and oxygen atoms in total. The van der Waals surface area contributed by atoms with Gasteiger partial charge in [-0.25, -0.2) is 4.79 Å². The van der Waals surface area contributed by atoms with Crippen molar-refractivity contribution < 1.29 is 37.3 Å². The zero-order chi connectivity index (χ0) is 27.4. The molecule has 0 aromatic heterocycles. The first-order valence-corrected chi connectivity index (χ1v) is 14.5. The SMILES string of the molecule is O=C(O)C(F)(F)F.O=C(OCOc1ccc2c(c1)[C@]13CCCC[C@@H]1[C@@H](C2)NCC3)C12CC3CC(CC(C3)C1)C2. The highest BCUT2D eigenvalue weighted by atomic mass is 19.4. The molecule has 214 valence electrons. The summed E-state index contributed by atoms with van der Waals surface area (Å²) in [5.41, 5.74) is 3.16. The summed E-state index contributed by atoms with van der Waals surface area (Å²) in [6.07, 6.45) is 9.87. The maximum Gasteiger partial charge on any atom is 0.490 e. The van der Waals surface area contributed by atoms with E-state index in [0.717, 1.165) is 61.6 Å². The van der Waals surface area contributed by atoms with Crippen LogP contribution in [0.25, 0.3) is 0 Å². The molecule has 6 bridgehead atoms. The van der Waals surface area contributed by atoms with Gasteiger partial charge in [0.05, 0.1) is 5.41 Å². The minimum atomic E-state index is -5.08. The van der Waals surface area contributed by atoms with Crippen LogP contribution in [0.5, 0.6) is 5.75 Å². The molecule has 5 saturated carbocycles. The maximum atomic E-state index is 13.1. The monoisotopic (exact) mass is 549 g/mol. The van der Waals surface area contributed by atoms with Crippen LogP contribution in [0.1, 0.15) is 81.8 Å². The lowest BCUT2D eigenvalue weighted by molar-refractivity contribution is -0.192. The number of piperidine rings is 1. The van der Waals surface area contributed by atoms with Gasteiger partial charge in [-0.3, -0.25) is 4.79 Å². The molecular weight excluding hydrogens is 511 g/mol. The van der Waals surface area contributed by atoms with Crippen LogP contribution < -0.4 is 10.1 Å². The first-order chi connectivity index (χ1) is 18.6. The molecule has 1 aromatic carbocycles. The quantitative estimate of drug-likeness (QED) is 0.367. The number of aliphatic carboxylic acids is 1. The molecule has 1 heterocycles. The van der Waals surface area contributed by atoms with Crippen LogP contribution in [0, 0.1) is 29.1 Å². The Hall–Kier alpha value is -2.29. The van der Waals surface area contributed by atoms with E-state index < -0.39 is 12.1 Å². The molecule has 3 atom stereocenters. The Balaban J connectivity index is 0.000000353. The van der Waals surface area contributed by atoms with Crippen LogP contribution in [0.15, 0.2) is 18.2 Å². The zero-order valence-corrected chi connectivity index (χ0v) is 22.2. The zero-order valence-electron chi connectivity index (χ0n) is 22.2. The van der Waals surface area contributed by atoms with E-state index in [4.69, 9.17) is 19.4 Å². The molecule has 0 amide bonds. The standard InChI is InChI=1S/C28H37NO3.C2HF3O2/c30-26(27-14-18-9-19(15-27)11-20(10-18)16-27)32-17-31-22-5-4-21-12-25-23-3-1-2-6-28(23,7-8-29-25)24(21)13-22;3-2(4,5)1(6)7/h4-5,13,18-20,23,25,29H,1-3,6-12,14-17H2;(H,6,7)/t18?,19?,20?,23-,25-,27?,28+;/m1./s1. The molecule has 6 aliphatic carbocycles. The van der Waals surface area contributed by atoms with Crippen molar-refractivity contribution in [1.29, 1.82) is 0 Å². The summed E-state index contributed by atoms with van der Waals surface area (Å²) in [6.45, 7) is 1.19. The molecule has 1 aliphatic heterocycles. The second kappa shape index (κ2) is 9.96. The number of esters is 1. The van der Waals surface area contributed by atoms with Gasteiger partial charge in [-0.2, -0.15) is 13.2 Å². The minimum absolute atomic E-state index is 0.0155. The van der Waals surface area contributed by atoms with Crippen LogP contribution >= 0.6 is 0 Å². The summed E-state index contributed by atoms with van der Waals surface area (Å²) in [4.78, 5) is 22.0. The van der Waals surface area contributed by atoms with Crippen LogP contribution in [-0.2, 0) is 26.2 Å². The van der Waals surface area contributed by atoms with E-state index in [1.54, 1.807) is 0 Å². The fourth-order valence-corrected chi connectivity index (χ4v) is 9.66. The number of carboxylic acid groups (broad SMARTS) is 1. The summed E-state index contributed by atoms with van der Waals surface area (Å²) < 4.78 is 43.6. The van der Waals surface area contributed by atoms with Crippen LogP contribution in [0.2, 0.25) is 0 Å². The Morgan fingerprint density at radius 1 is 1.03 bits per heavy atom. The molecule has 2 N–H and O–H groups in total. The van der Waals surface area contributed by atoms with Crippen LogP contribution in [-0.4, -0.2) is 42.6 Å². The number of fused-ring (bicyclic) bond motifs is 1. The summed E-state index contributed by atoms with van der Waals surface area (Å²) in [5.74, 6) is 1.17. The molecule has 1 saturated heterocycles. The number of halogens is 3. The van der Waals surface area contributed by atoms with Gasteiger partial charge in [0, 0.05) is 11.5 Å². The number of nitrogens with one attached hydrogen (secondary N) is 1. The van der Waals surface area contributed by atoms with Gasteiger partial charge in [0.1, 0.15) is 5.75 Å². The van der Waals surface area contributed by atoms with Gasteiger partial charge in [-0.1, -0.05) is 18.9 Å². The number of rotatable bonds is 4. The van der Waals surface area contributed by atoms with Gasteiger partial charge in [-0.05, 0) is 118 Å². The van der Waals surface area contributed by atoms with Crippen molar-refractivity contribution in [2.45, 2.75) is 94.7 Å². The molecule has 8 rings (SSSR count). The molecule has 39 heavy (non-hydrogen) atoms. The summed E-state index contributed by atoms with van der Waals surface area (Å²) >= 11 is 0. The number of carbonyl (C=O) groups is 2. The van der Waals surface area contributed by atoms with E-state index in [9.17, 15) is 18.0 Å². The molecule has 7 aliphatic rings. The molecule has 0 unspecified atom stereocenters. The summed E-state index contributed by atoms with van der Waals surface area (Å²) in [7, 11) is 0. The van der Waals surface area contributed by atoms with Gasteiger partial charge < -0.3 is 19.9 Å². The molecule has 9 heteroatoms. The number of carboxylic acids is 1. The fourth-order valence-electron chi connectivity index (χ4n) is 9.66.